The van der Waals surface area contributed by atoms with E-state index in [-0.39, 0.29) is 17.5 Å². The van der Waals surface area contributed by atoms with Crippen LogP contribution in [0.5, 0.6) is 0 Å². The van der Waals surface area contributed by atoms with E-state index in [1.54, 1.807) is 11.0 Å². The molecule has 1 unspecified atom stereocenters. The second-order valence-corrected chi connectivity index (χ2v) is 10.7. The van der Waals surface area contributed by atoms with E-state index < -0.39 is 17.8 Å². The highest BCUT2D eigenvalue weighted by atomic mass is 19.4. The van der Waals surface area contributed by atoms with Crippen molar-refractivity contribution in [1.82, 2.24) is 9.80 Å². The van der Waals surface area contributed by atoms with Crippen molar-refractivity contribution in [2.75, 3.05) is 19.6 Å². The van der Waals surface area contributed by atoms with Crippen LogP contribution in [0.1, 0.15) is 54.8 Å². The van der Waals surface area contributed by atoms with Gasteiger partial charge in [-0.05, 0) is 103 Å². The molecule has 3 saturated heterocycles. The number of alkyl halides is 3. The molecular weight excluding hydrogens is 441 g/mol. The first-order valence-corrected chi connectivity index (χ1v) is 12.3. The molecule has 3 heterocycles. The number of fused-ring (bicyclic) bond motifs is 4. The van der Waals surface area contributed by atoms with Crippen molar-refractivity contribution in [1.29, 1.82) is 0 Å². The molecule has 4 nitrogen and oxygen atoms in total. The minimum absolute atomic E-state index is 0.0226. The van der Waals surface area contributed by atoms with Crippen LogP contribution in [-0.4, -0.2) is 46.7 Å². The molecule has 2 aromatic carbocycles. The molecule has 1 N–H and O–H groups in total. The maximum atomic E-state index is 13.3. The second-order valence-electron chi connectivity index (χ2n) is 10.7. The molecule has 0 aromatic heterocycles. The average molecular weight is 471 g/mol. The zero-order valence-electron chi connectivity index (χ0n) is 19.0. The van der Waals surface area contributed by atoms with Gasteiger partial charge in [0.15, 0.2) is 0 Å². The highest BCUT2D eigenvalue weighted by Crippen LogP contribution is 2.64. The maximum absolute atomic E-state index is 13.3. The minimum Gasteiger partial charge on any atom is -0.465 e. The van der Waals surface area contributed by atoms with Gasteiger partial charge < -0.3 is 10.0 Å². The number of hydrogen-bond donors (Lipinski definition) is 1. The van der Waals surface area contributed by atoms with E-state index in [1.165, 1.54) is 12.1 Å². The predicted octanol–water partition coefficient (Wildman–Crippen LogP) is 6.21. The van der Waals surface area contributed by atoms with Gasteiger partial charge in [-0.3, -0.25) is 4.90 Å². The maximum Gasteiger partial charge on any atom is 0.416 e. The summed E-state index contributed by atoms with van der Waals surface area (Å²) in [5.74, 6) is 0.383. The summed E-state index contributed by atoms with van der Waals surface area (Å²) in [5.41, 5.74) is 2.65. The van der Waals surface area contributed by atoms with Crippen molar-refractivity contribution in [3.63, 3.8) is 0 Å². The van der Waals surface area contributed by atoms with Gasteiger partial charge in [-0.25, -0.2) is 4.79 Å². The van der Waals surface area contributed by atoms with Crippen molar-refractivity contribution in [3.8, 4) is 11.1 Å². The van der Waals surface area contributed by atoms with Gasteiger partial charge in [0.05, 0.1) is 17.6 Å². The lowest BCUT2D eigenvalue weighted by molar-refractivity contribution is -0.137. The number of carbonyl (C=O) groups is 1. The summed E-state index contributed by atoms with van der Waals surface area (Å²) < 4.78 is 40.0. The SMILES string of the molecule is O=C(O)N(C1c2cc(-c3cccc(C(F)(F)F)c3)ccc2CCC12CC2)[C@@H]1CN2CCC1CC2. The highest BCUT2D eigenvalue weighted by molar-refractivity contribution is 5.70. The number of piperidine rings is 3. The van der Waals surface area contributed by atoms with Crippen LogP contribution in [0.2, 0.25) is 0 Å². The molecule has 7 heteroatoms. The Bertz CT molecular complexity index is 1120. The number of rotatable bonds is 3. The standard InChI is InChI=1S/C27H29F3N2O2/c28-27(29,30)21-3-1-2-19(14-21)20-5-4-17-6-9-26(10-11-26)24(22(17)15-20)32(25(33)34)23-16-31-12-7-18(23)8-13-31/h1-5,14-15,18,23-24H,6-13,16H2,(H,33,34)/t23-,24?/m1/s1. The van der Waals surface area contributed by atoms with E-state index in [1.807, 2.05) is 18.2 Å². The molecule has 2 bridgehead atoms. The topological polar surface area (TPSA) is 43.8 Å². The Morgan fingerprint density at radius 3 is 2.38 bits per heavy atom. The van der Waals surface area contributed by atoms with Gasteiger partial charge in [0.1, 0.15) is 0 Å². The Kier molecular flexibility index (Phi) is 5.00. The third kappa shape index (κ3) is 3.60. The number of benzene rings is 2. The third-order valence-electron chi connectivity index (χ3n) is 8.81. The Morgan fingerprint density at radius 2 is 1.76 bits per heavy atom. The summed E-state index contributed by atoms with van der Waals surface area (Å²) >= 11 is 0. The summed E-state index contributed by atoms with van der Waals surface area (Å²) in [6.45, 7) is 2.87. The molecule has 2 aliphatic carbocycles. The van der Waals surface area contributed by atoms with Crippen LogP contribution >= 0.6 is 0 Å². The normalized spacial score (nSPS) is 29.0. The fraction of sp³-hybridized carbons (Fsp3) is 0.519. The van der Waals surface area contributed by atoms with Gasteiger partial charge in [0.25, 0.3) is 0 Å². The lowest BCUT2D eigenvalue weighted by Crippen LogP contribution is -2.60. The van der Waals surface area contributed by atoms with Crippen LogP contribution in [0.15, 0.2) is 42.5 Å². The van der Waals surface area contributed by atoms with Crippen LogP contribution in [0, 0.1) is 11.3 Å². The van der Waals surface area contributed by atoms with E-state index >= 15 is 0 Å². The molecular formula is C27H29F3N2O2. The summed E-state index contributed by atoms with van der Waals surface area (Å²) in [6, 6.07) is 11.0. The molecule has 34 heavy (non-hydrogen) atoms. The Hall–Kier alpha value is -2.54. The number of amides is 1. The third-order valence-corrected chi connectivity index (χ3v) is 8.81. The predicted molar refractivity (Wildman–Crippen MR) is 122 cm³/mol. The van der Waals surface area contributed by atoms with Crippen molar-refractivity contribution >= 4 is 6.09 Å². The summed E-state index contributed by atoms with van der Waals surface area (Å²) in [6.07, 6.45) is 0.677. The van der Waals surface area contributed by atoms with Crippen molar-refractivity contribution in [3.05, 3.63) is 59.2 Å². The van der Waals surface area contributed by atoms with Crippen molar-refractivity contribution in [2.45, 2.75) is 56.8 Å². The van der Waals surface area contributed by atoms with Crippen LogP contribution in [0.25, 0.3) is 11.1 Å². The Labute approximate surface area is 197 Å². The Balaban J connectivity index is 1.43. The fourth-order valence-corrected chi connectivity index (χ4v) is 6.80. The van der Waals surface area contributed by atoms with Gasteiger partial charge in [-0.1, -0.05) is 24.3 Å². The molecule has 1 saturated carbocycles. The van der Waals surface area contributed by atoms with Gasteiger partial charge in [0.2, 0.25) is 0 Å². The van der Waals surface area contributed by atoms with Gasteiger partial charge >= 0.3 is 12.3 Å². The molecule has 1 amide bonds. The first-order chi connectivity index (χ1) is 16.2. The molecule has 2 atom stereocenters. The number of carboxylic acid groups (broad SMARTS) is 1. The monoisotopic (exact) mass is 470 g/mol. The first-order valence-electron chi connectivity index (χ1n) is 12.3. The quantitative estimate of drug-likeness (QED) is 0.580. The fourth-order valence-electron chi connectivity index (χ4n) is 6.80. The summed E-state index contributed by atoms with van der Waals surface area (Å²) in [4.78, 5) is 16.9. The van der Waals surface area contributed by atoms with Crippen LogP contribution in [0.3, 0.4) is 0 Å². The molecule has 7 rings (SSSR count). The molecule has 2 aromatic rings. The number of nitrogens with zero attached hydrogens (tertiary/aromatic N) is 2. The van der Waals surface area contributed by atoms with E-state index in [0.717, 1.165) is 75.4 Å². The van der Waals surface area contributed by atoms with E-state index in [4.69, 9.17) is 0 Å². The summed E-state index contributed by atoms with van der Waals surface area (Å²) in [7, 11) is 0. The zero-order valence-corrected chi connectivity index (χ0v) is 19.0. The lowest BCUT2D eigenvalue weighted by atomic mass is 9.73. The molecule has 180 valence electrons. The lowest BCUT2D eigenvalue weighted by Gasteiger charge is -2.52. The molecule has 0 radical (unpaired) electrons. The van der Waals surface area contributed by atoms with Crippen molar-refractivity contribution < 1.29 is 23.1 Å². The van der Waals surface area contributed by atoms with Crippen LogP contribution in [-0.2, 0) is 12.6 Å². The van der Waals surface area contributed by atoms with Crippen LogP contribution in [0.4, 0.5) is 18.0 Å². The minimum atomic E-state index is -4.40. The summed E-state index contributed by atoms with van der Waals surface area (Å²) in [5, 5.41) is 10.5. The second kappa shape index (κ2) is 7.74. The molecule has 1 spiro atoms. The zero-order chi connectivity index (χ0) is 23.7. The molecule has 4 fully saturated rings. The van der Waals surface area contributed by atoms with Gasteiger partial charge in [-0.15, -0.1) is 0 Å². The van der Waals surface area contributed by atoms with E-state index in [0.29, 0.717) is 17.0 Å². The van der Waals surface area contributed by atoms with E-state index in [2.05, 4.69) is 4.90 Å². The van der Waals surface area contributed by atoms with E-state index in [9.17, 15) is 23.1 Å². The highest BCUT2D eigenvalue weighted by Gasteiger charge is 2.57. The smallest absolute Gasteiger partial charge is 0.416 e. The molecule has 5 aliphatic rings. The first kappa shape index (κ1) is 22.0. The van der Waals surface area contributed by atoms with Crippen LogP contribution < -0.4 is 0 Å². The largest absolute Gasteiger partial charge is 0.465 e. The number of halogens is 3. The van der Waals surface area contributed by atoms with Crippen molar-refractivity contribution in [2.24, 2.45) is 11.3 Å². The molecule has 3 aliphatic heterocycles. The van der Waals surface area contributed by atoms with Gasteiger partial charge in [0, 0.05) is 6.54 Å². The Morgan fingerprint density at radius 1 is 1.03 bits per heavy atom. The van der Waals surface area contributed by atoms with Gasteiger partial charge in [-0.2, -0.15) is 13.2 Å². The number of aryl methyl sites for hydroxylation is 1. The number of hydrogen-bond acceptors (Lipinski definition) is 2. The average Bonchev–Trinajstić information content (AvgIpc) is 3.61.